The Morgan fingerprint density at radius 3 is 2.87 bits per heavy atom. The quantitative estimate of drug-likeness (QED) is 0.370. The van der Waals surface area contributed by atoms with E-state index in [9.17, 15) is 14.7 Å². The number of nitrogens with zero attached hydrogens (tertiary/aromatic N) is 5. The number of anilines is 1. The van der Waals surface area contributed by atoms with E-state index in [0.717, 1.165) is 37.3 Å². The third kappa shape index (κ3) is 4.38. The molecule has 0 radical (unpaired) electrons. The van der Waals surface area contributed by atoms with Crippen LogP contribution in [0.15, 0.2) is 47.5 Å². The van der Waals surface area contributed by atoms with Gasteiger partial charge >= 0.3 is 5.97 Å². The summed E-state index contributed by atoms with van der Waals surface area (Å²) >= 11 is 12.9. The summed E-state index contributed by atoms with van der Waals surface area (Å²) in [6.45, 7) is 3.25. The molecule has 1 aromatic carbocycles. The van der Waals surface area contributed by atoms with Crippen molar-refractivity contribution in [3.05, 3.63) is 74.3 Å². The summed E-state index contributed by atoms with van der Waals surface area (Å²) in [6, 6.07) is 8.78. The SMILES string of the molecule is O=C(O)c1cn(-c2cc3n(n2)CCNC3)c2cc(N3CCC[C@@H]3COc3ncccc3Cl)c(Cl)cc2c1=O. The fourth-order valence-electron chi connectivity index (χ4n) is 5.17. The van der Waals surface area contributed by atoms with Crippen LogP contribution in [0.4, 0.5) is 5.69 Å². The predicted octanol–water partition coefficient (Wildman–Crippen LogP) is 3.74. The lowest BCUT2D eigenvalue weighted by molar-refractivity contribution is 0.0695. The number of benzene rings is 1. The highest BCUT2D eigenvalue weighted by Gasteiger charge is 2.29. The van der Waals surface area contributed by atoms with Crippen molar-refractivity contribution in [2.75, 3.05) is 24.6 Å². The Bertz CT molecular complexity index is 1590. The zero-order valence-electron chi connectivity index (χ0n) is 20.2. The Hall–Kier alpha value is -3.60. The van der Waals surface area contributed by atoms with E-state index in [1.165, 1.54) is 6.20 Å². The molecule has 0 aliphatic carbocycles. The molecule has 12 heteroatoms. The Labute approximate surface area is 227 Å². The predicted molar refractivity (Wildman–Crippen MR) is 144 cm³/mol. The summed E-state index contributed by atoms with van der Waals surface area (Å²) in [6.07, 6.45) is 4.79. The van der Waals surface area contributed by atoms with Crippen molar-refractivity contribution >= 4 is 45.8 Å². The first-order valence-corrected chi connectivity index (χ1v) is 13.1. The Balaban J connectivity index is 1.44. The van der Waals surface area contributed by atoms with Crippen molar-refractivity contribution in [1.82, 2.24) is 24.6 Å². The zero-order valence-corrected chi connectivity index (χ0v) is 21.7. The maximum atomic E-state index is 13.1. The second-order valence-corrected chi connectivity index (χ2v) is 10.2. The normalized spacial score (nSPS) is 17.1. The average Bonchev–Trinajstić information content (AvgIpc) is 3.55. The standard InChI is InChI=1S/C26H24Cl2N6O4/c27-19-4-1-5-30-25(19)38-14-15-3-2-7-32(15)22-11-21-17(10-20(22)28)24(35)18(26(36)37)13-33(21)23-9-16-12-29-6-8-34(16)31-23/h1,4-5,9-11,13,15,29H,2-3,6-8,12,14H2,(H,36,37)/t15-/m1/s1. The molecular weight excluding hydrogens is 531 g/mol. The van der Waals surface area contributed by atoms with E-state index >= 15 is 0 Å². The van der Waals surface area contributed by atoms with Gasteiger partial charge in [-0.2, -0.15) is 5.10 Å². The van der Waals surface area contributed by atoms with E-state index in [0.29, 0.717) is 47.0 Å². The first kappa shape index (κ1) is 24.7. The summed E-state index contributed by atoms with van der Waals surface area (Å²) in [7, 11) is 0. The molecule has 196 valence electrons. The molecule has 0 bridgehead atoms. The Kier molecular flexibility index (Phi) is 6.46. The van der Waals surface area contributed by atoms with Gasteiger partial charge in [-0.3, -0.25) is 14.0 Å². The van der Waals surface area contributed by atoms with Crippen LogP contribution in [0.5, 0.6) is 5.88 Å². The zero-order chi connectivity index (χ0) is 26.4. The molecule has 3 aromatic heterocycles. The van der Waals surface area contributed by atoms with Crippen molar-refractivity contribution in [2.24, 2.45) is 0 Å². The number of carboxylic acids is 1. The van der Waals surface area contributed by atoms with Gasteiger partial charge in [-0.25, -0.2) is 9.78 Å². The van der Waals surface area contributed by atoms with Gasteiger partial charge in [-0.1, -0.05) is 23.2 Å². The largest absolute Gasteiger partial charge is 0.477 e. The molecule has 5 heterocycles. The number of aromatic nitrogens is 4. The van der Waals surface area contributed by atoms with Gasteiger partial charge in [0.25, 0.3) is 0 Å². The van der Waals surface area contributed by atoms with E-state index in [1.54, 1.807) is 29.0 Å². The van der Waals surface area contributed by atoms with Gasteiger partial charge in [-0.05, 0) is 37.1 Å². The molecule has 0 spiro atoms. The number of halogens is 2. The molecule has 0 saturated carbocycles. The second kappa shape index (κ2) is 9.94. The molecule has 10 nitrogen and oxygen atoms in total. The summed E-state index contributed by atoms with van der Waals surface area (Å²) in [5.74, 6) is -0.393. The van der Waals surface area contributed by atoms with E-state index in [1.807, 2.05) is 16.8 Å². The molecule has 1 fully saturated rings. The van der Waals surface area contributed by atoms with Crippen LogP contribution in [0.2, 0.25) is 10.0 Å². The number of hydrogen-bond donors (Lipinski definition) is 2. The minimum atomic E-state index is -1.30. The maximum Gasteiger partial charge on any atom is 0.341 e. The monoisotopic (exact) mass is 554 g/mol. The van der Waals surface area contributed by atoms with Gasteiger partial charge in [0, 0.05) is 43.5 Å². The number of ether oxygens (including phenoxy) is 1. The molecule has 38 heavy (non-hydrogen) atoms. The third-order valence-corrected chi connectivity index (χ3v) is 7.62. The Morgan fingerprint density at radius 1 is 1.21 bits per heavy atom. The highest BCUT2D eigenvalue weighted by molar-refractivity contribution is 6.34. The van der Waals surface area contributed by atoms with Crippen LogP contribution < -0.4 is 20.4 Å². The van der Waals surface area contributed by atoms with Crippen LogP contribution in [0.25, 0.3) is 16.7 Å². The number of hydrogen-bond acceptors (Lipinski definition) is 7. The molecular formula is C26H24Cl2N6O4. The van der Waals surface area contributed by atoms with E-state index in [4.69, 9.17) is 33.0 Å². The molecule has 1 saturated heterocycles. The number of carboxylic acid groups (broad SMARTS) is 1. The minimum absolute atomic E-state index is 0.00693. The van der Waals surface area contributed by atoms with Crippen LogP contribution in [-0.4, -0.2) is 56.1 Å². The van der Waals surface area contributed by atoms with Crippen LogP contribution >= 0.6 is 23.2 Å². The highest BCUT2D eigenvalue weighted by atomic mass is 35.5. The van der Waals surface area contributed by atoms with Gasteiger partial charge in [0.1, 0.15) is 17.2 Å². The van der Waals surface area contributed by atoms with E-state index in [2.05, 4.69) is 15.2 Å². The molecule has 2 aliphatic rings. The van der Waals surface area contributed by atoms with Crippen LogP contribution in [0.1, 0.15) is 28.9 Å². The van der Waals surface area contributed by atoms with Gasteiger partial charge in [-0.15, -0.1) is 0 Å². The first-order chi connectivity index (χ1) is 18.4. The second-order valence-electron chi connectivity index (χ2n) is 9.35. The van der Waals surface area contributed by atoms with E-state index < -0.39 is 11.4 Å². The summed E-state index contributed by atoms with van der Waals surface area (Å²) in [4.78, 5) is 31.4. The van der Waals surface area contributed by atoms with Crippen molar-refractivity contribution in [1.29, 1.82) is 0 Å². The lowest BCUT2D eigenvalue weighted by Crippen LogP contribution is -2.34. The summed E-state index contributed by atoms with van der Waals surface area (Å²) in [5.41, 5.74) is 1.31. The number of fused-ring (bicyclic) bond motifs is 2. The van der Waals surface area contributed by atoms with Crippen molar-refractivity contribution in [3.63, 3.8) is 0 Å². The number of pyridine rings is 2. The third-order valence-electron chi connectivity index (χ3n) is 7.03. The van der Waals surface area contributed by atoms with Crippen LogP contribution in [-0.2, 0) is 13.1 Å². The van der Waals surface area contributed by atoms with E-state index in [-0.39, 0.29) is 17.0 Å². The van der Waals surface area contributed by atoms with Crippen LogP contribution in [0.3, 0.4) is 0 Å². The smallest absolute Gasteiger partial charge is 0.341 e. The van der Waals surface area contributed by atoms with Gasteiger partial charge in [0.05, 0.1) is 34.5 Å². The molecule has 6 rings (SSSR count). The molecule has 0 unspecified atom stereocenters. The van der Waals surface area contributed by atoms with Gasteiger partial charge in [0.2, 0.25) is 11.3 Å². The fourth-order valence-corrected chi connectivity index (χ4v) is 5.62. The molecule has 2 N–H and O–H groups in total. The van der Waals surface area contributed by atoms with Gasteiger partial charge in [0.15, 0.2) is 5.82 Å². The molecule has 2 aliphatic heterocycles. The molecule has 4 aromatic rings. The molecule has 1 atom stereocenters. The summed E-state index contributed by atoms with van der Waals surface area (Å²) in [5, 5.41) is 18.8. The number of rotatable bonds is 6. The topological polar surface area (TPSA) is 115 Å². The summed E-state index contributed by atoms with van der Waals surface area (Å²) < 4.78 is 9.49. The van der Waals surface area contributed by atoms with Crippen molar-refractivity contribution in [3.8, 4) is 11.7 Å². The Morgan fingerprint density at radius 2 is 2.08 bits per heavy atom. The average molecular weight is 555 g/mol. The molecule has 0 amide bonds. The van der Waals surface area contributed by atoms with Gasteiger partial charge < -0.3 is 20.1 Å². The lowest BCUT2D eigenvalue weighted by Gasteiger charge is -2.28. The number of aromatic carboxylic acids is 1. The minimum Gasteiger partial charge on any atom is -0.477 e. The number of carbonyl (C=O) groups is 1. The fraction of sp³-hybridized carbons (Fsp3) is 0.308. The number of nitrogens with one attached hydrogen (secondary N) is 1. The first-order valence-electron chi connectivity index (χ1n) is 12.3. The lowest BCUT2D eigenvalue weighted by atomic mass is 10.1. The van der Waals surface area contributed by atoms with Crippen molar-refractivity contribution in [2.45, 2.75) is 32.0 Å². The maximum absolute atomic E-state index is 13.1. The van der Waals surface area contributed by atoms with Crippen molar-refractivity contribution < 1.29 is 14.6 Å². The van der Waals surface area contributed by atoms with Crippen LogP contribution in [0, 0.1) is 0 Å². The highest BCUT2D eigenvalue weighted by Crippen LogP contribution is 2.36.